The molecule has 1 N–H and O–H groups in total. The van der Waals surface area contributed by atoms with Crippen LogP contribution in [0.4, 0.5) is 5.82 Å². The van der Waals surface area contributed by atoms with Gasteiger partial charge < -0.3 is 5.32 Å². The maximum Gasteiger partial charge on any atom is 0.268 e. The van der Waals surface area contributed by atoms with E-state index in [0.717, 1.165) is 17.0 Å². The van der Waals surface area contributed by atoms with Crippen molar-refractivity contribution in [3.63, 3.8) is 0 Å². The second kappa shape index (κ2) is 6.80. The molecule has 0 aliphatic heterocycles. The molecule has 0 atom stereocenters. The fourth-order valence-corrected chi connectivity index (χ4v) is 3.15. The summed E-state index contributed by atoms with van der Waals surface area (Å²) in [5.74, 6) is 0.557. The number of benzene rings is 1. The van der Waals surface area contributed by atoms with E-state index in [9.17, 15) is 4.79 Å². The maximum atomic E-state index is 12.6. The fourth-order valence-electron chi connectivity index (χ4n) is 2.45. The van der Waals surface area contributed by atoms with Crippen molar-refractivity contribution in [3.05, 3.63) is 63.7 Å². The van der Waals surface area contributed by atoms with Crippen LogP contribution < -0.4 is 5.32 Å². The van der Waals surface area contributed by atoms with Crippen molar-refractivity contribution in [3.8, 4) is 0 Å². The lowest BCUT2D eigenvalue weighted by Crippen LogP contribution is -2.16. The molecular formula is C19H22N4OS. The Morgan fingerprint density at radius 2 is 1.96 bits per heavy atom. The third-order valence-corrected chi connectivity index (χ3v) is 4.84. The number of aromatic nitrogens is 3. The lowest BCUT2D eigenvalue weighted by Gasteiger charge is -2.14. The molecule has 0 aliphatic carbocycles. The van der Waals surface area contributed by atoms with Crippen LogP contribution in [-0.2, 0) is 12.0 Å². The van der Waals surface area contributed by atoms with Crippen LogP contribution in [0.15, 0.2) is 41.9 Å². The lowest BCUT2D eigenvalue weighted by atomic mass is 9.92. The van der Waals surface area contributed by atoms with Gasteiger partial charge in [-0.2, -0.15) is 5.10 Å². The van der Waals surface area contributed by atoms with E-state index in [1.165, 1.54) is 11.3 Å². The van der Waals surface area contributed by atoms with E-state index in [4.69, 9.17) is 5.10 Å². The first-order valence-electron chi connectivity index (χ1n) is 8.18. The van der Waals surface area contributed by atoms with E-state index >= 15 is 0 Å². The van der Waals surface area contributed by atoms with Crippen molar-refractivity contribution in [2.75, 3.05) is 5.32 Å². The van der Waals surface area contributed by atoms with E-state index in [-0.39, 0.29) is 11.3 Å². The molecule has 2 aromatic heterocycles. The van der Waals surface area contributed by atoms with E-state index < -0.39 is 0 Å². The number of hydrogen-bond acceptors (Lipinski definition) is 4. The molecule has 0 bridgehead atoms. The average Bonchev–Trinajstić information content (AvgIpc) is 3.15. The first kappa shape index (κ1) is 17.4. The first-order valence-corrected chi connectivity index (χ1v) is 9.06. The second-order valence-electron chi connectivity index (χ2n) is 7.03. The summed E-state index contributed by atoms with van der Waals surface area (Å²) >= 11 is 1.35. The number of rotatable bonds is 4. The van der Waals surface area contributed by atoms with Crippen LogP contribution in [0.2, 0.25) is 0 Å². The number of hydrogen-bond donors (Lipinski definition) is 1. The summed E-state index contributed by atoms with van der Waals surface area (Å²) < 4.78 is 1.85. The molecular weight excluding hydrogens is 332 g/mol. The SMILES string of the molecule is Cc1ncsc1C(=O)Nc1cc(C(C)(C)C)nn1Cc1ccccc1. The third kappa shape index (κ3) is 3.96. The zero-order valence-electron chi connectivity index (χ0n) is 14.9. The molecule has 1 aromatic carbocycles. The number of aryl methyl sites for hydroxylation is 1. The van der Waals surface area contributed by atoms with Crippen LogP contribution in [-0.4, -0.2) is 20.7 Å². The zero-order chi connectivity index (χ0) is 18.0. The topological polar surface area (TPSA) is 59.8 Å². The Labute approximate surface area is 151 Å². The summed E-state index contributed by atoms with van der Waals surface area (Å²) in [5, 5.41) is 7.72. The van der Waals surface area contributed by atoms with Gasteiger partial charge in [0.1, 0.15) is 10.7 Å². The van der Waals surface area contributed by atoms with E-state index in [2.05, 4.69) is 43.2 Å². The summed E-state index contributed by atoms with van der Waals surface area (Å²) in [6.45, 7) is 8.78. The fraction of sp³-hybridized carbons (Fsp3) is 0.316. The number of thiazole rings is 1. The van der Waals surface area contributed by atoms with Crippen LogP contribution in [0.3, 0.4) is 0 Å². The van der Waals surface area contributed by atoms with Crippen molar-refractivity contribution >= 4 is 23.1 Å². The number of anilines is 1. The van der Waals surface area contributed by atoms with Crippen LogP contribution in [0, 0.1) is 6.92 Å². The highest BCUT2D eigenvalue weighted by molar-refractivity contribution is 7.12. The number of carbonyl (C=O) groups is 1. The molecule has 0 saturated heterocycles. The van der Waals surface area contributed by atoms with Crippen LogP contribution in [0.25, 0.3) is 0 Å². The van der Waals surface area contributed by atoms with Crippen LogP contribution in [0.1, 0.15) is 47.4 Å². The highest BCUT2D eigenvalue weighted by Crippen LogP contribution is 2.25. The quantitative estimate of drug-likeness (QED) is 0.762. The molecule has 0 aliphatic rings. The minimum atomic E-state index is -0.144. The van der Waals surface area contributed by atoms with Gasteiger partial charge in [0.25, 0.3) is 5.91 Å². The molecule has 0 radical (unpaired) electrons. The van der Waals surface area contributed by atoms with Crippen LogP contribution >= 0.6 is 11.3 Å². The zero-order valence-corrected chi connectivity index (χ0v) is 15.7. The van der Waals surface area contributed by atoms with Gasteiger partial charge in [-0.05, 0) is 12.5 Å². The predicted molar refractivity (Wildman–Crippen MR) is 101 cm³/mol. The molecule has 5 nitrogen and oxygen atoms in total. The van der Waals surface area contributed by atoms with Gasteiger partial charge in [-0.15, -0.1) is 11.3 Å². The summed E-state index contributed by atoms with van der Waals surface area (Å²) in [4.78, 5) is 17.4. The van der Waals surface area contributed by atoms with Gasteiger partial charge >= 0.3 is 0 Å². The standard InChI is InChI=1S/C19H22N4OS/c1-13-17(25-12-20-13)18(24)21-16-10-15(19(2,3)4)22-23(16)11-14-8-6-5-7-9-14/h5-10,12H,11H2,1-4H3,(H,21,24). The van der Waals surface area contributed by atoms with Gasteiger partial charge in [-0.1, -0.05) is 51.1 Å². The molecule has 3 rings (SSSR count). The van der Waals surface area contributed by atoms with Crippen molar-refractivity contribution in [2.45, 2.75) is 39.7 Å². The Hall–Kier alpha value is -2.47. The van der Waals surface area contributed by atoms with E-state index in [1.54, 1.807) is 5.51 Å². The normalized spacial score (nSPS) is 11.5. The van der Waals surface area contributed by atoms with Crippen molar-refractivity contribution < 1.29 is 4.79 Å². The largest absolute Gasteiger partial charge is 0.306 e. The molecule has 0 unspecified atom stereocenters. The summed E-state index contributed by atoms with van der Waals surface area (Å²) in [7, 11) is 0. The second-order valence-corrected chi connectivity index (χ2v) is 7.88. The first-order chi connectivity index (χ1) is 11.8. The van der Waals surface area contributed by atoms with Gasteiger partial charge in [-0.3, -0.25) is 4.79 Å². The van der Waals surface area contributed by atoms with Gasteiger partial charge in [0.05, 0.1) is 23.4 Å². The van der Waals surface area contributed by atoms with E-state index in [0.29, 0.717) is 17.2 Å². The predicted octanol–water partition coefficient (Wildman–Crippen LogP) is 4.25. The van der Waals surface area contributed by atoms with Gasteiger partial charge in [0, 0.05) is 11.5 Å². The maximum absolute atomic E-state index is 12.6. The Morgan fingerprint density at radius 3 is 2.56 bits per heavy atom. The van der Waals surface area contributed by atoms with Gasteiger partial charge in [0.2, 0.25) is 0 Å². The molecule has 0 spiro atoms. The average molecular weight is 354 g/mol. The summed E-state index contributed by atoms with van der Waals surface area (Å²) in [6.07, 6.45) is 0. The minimum absolute atomic E-state index is 0.0954. The molecule has 6 heteroatoms. The molecule has 1 amide bonds. The summed E-state index contributed by atoms with van der Waals surface area (Å²) in [6, 6.07) is 12.1. The van der Waals surface area contributed by atoms with Crippen molar-refractivity contribution in [2.24, 2.45) is 0 Å². The van der Waals surface area contributed by atoms with Crippen molar-refractivity contribution in [1.82, 2.24) is 14.8 Å². The van der Waals surface area contributed by atoms with Crippen LogP contribution in [0.5, 0.6) is 0 Å². The Balaban J connectivity index is 1.92. The molecule has 0 saturated carbocycles. The number of nitrogens with zero attached hydrogens (tertiary/aromatic N) is 3. The highest BCUT2D eigenvalue weighted by Gasteiger charge is 2.22. The monoisotopic (exact) mass is 354 g/mol. The molecule has 2 heterocycles. The summed E-state index contributed by atoms with van der Waals surface area (Å²) in [5.41, 5.74) is 4.41. The molecule has 130 valence electrons. The van der Waals surface area contributed by atoms with E-state index in [1.807, 2.05) is 35.9 Å². The number of nitrogens with one attached hydrogen (secondary N) is 1. The highest BCUT2D eigenvalue weighted by atomic mass is 32.1. The number of carbonyl (C=O) groups excluding carboxylic acids is 1. The minimum Gasteiger partial charge on any atom is -0.306 e. The number of amides is 1. The van der Waals surface area contributed by atoms with Crippen molar-refractivity contribution in [1.29, 1.82) is 0 Å². The Bertz CT molecular complexity index is 874. The Kier molecular flexibility index (Phi) is 4.72. The smallest absolute Gasteiger partial charge is 0.268 e. The Morgan fingerprint density at radius 1 is 1.24 bits per heavy atom. The third-order valence-electron chi connectivity index (χ3n) is 3.92. The van der Waals surface area contributed by atoms with Gasteiger partial charge in [0.15, 0.2) is 0 Å². The van der Waals surface area contributed by atoms with Gasteiger partial charge in [-0.25, -0.2) is 9.67 Å². The molecule has 3 aromatic rings. The molecule has 0 fully saturated rings. The lowest BCUT2D eigenvalue weighted by molar-refractivity contribution is 0.102. The molecule has 25 heavy (non-hydrogen) atoms.